The van der Waals surface area contributed by atoms with Gasteiger partial charge in [0.15, 0.2) is 11.5 Å². The van der Waals surface area contributed by atoms with Crippen molar-refractivity contribution in [2.24, 2.45) is 0 Å². The molecule has 1 aromatic heterocycles. The lowest BCUT2D eigenvalue weighted by Crippen LogP contribution is -2.29. The summed E-state index contributed by atoms with van der Waals surface area (Å²) in [5.41, 5.74) is 5.23. The summed E-state index contributed by atoms with van der Waals surface area (Å²) in [6.07, 6.45) is 3.34. The molecule has 0 fully saturated rings. The van der Waals surface area contributed by atoms with E-state index in [9.17, 15) is 0 Å². The number of aromatic nitrogens is 1. The summed E-state index contributed by atoms with van der Waals surface area (Å²) >= 11 is 0. The molecule has 146 valence electrons. The molecule has 0 radical (unpaired) electrons. The van der Waals surface area contributed by atoms with Crippen LogP contribution in [0.1, 0.15) is 34.8 Å². The van der Waals surface area contributed by atoms with Crippen molar-refractivity contribution < 1.29 is 9.47 Å². The van der Waals surface area contributed by atoms with Gasteiger partial charge in [-0.25, -0.2) is 0 Å². The van der Waals surface area contributed by atoms with Gasteiger partial charge in [-0.15, -0.1) is 0 Å². The van der Waals surface area contributed by atoms with Gasteiger partial charge in [-0.3, -0.25) is 4.90 Å². The van der Waals surface area contributed by atoms with Crippen LogP contribution in [0, 0.1) is 6.92 Å². The first-order valence-corrected chi connectivity index (χ1v) is 9.86. The van der Waals surface area contributed by atoms with E-state index < -0.39 is 0 Å². The number of aryl methyl sites for hydroxylation is 2. The average Bonchev–Trinajstić information content (AvgIpc) is 3.10. The van der Waals surface area contributed by atoms with Gasteiger partial charge in [-0.2, -0.15) is 0 Å². The second-order valence-corrected chi connectivity index (χ2v) is 7.45. The Balaban J connectivity index is 1.70. The summed E-state index contributed by atoms with van der Waals surface area (Å²) in [4.78, 5) is 2.57. The monoisotopic (exact) mass is 376 g/mol. The number of fused-ring (bicyclic) bond motifs is 1. The Morgan fingerprint density at radius 2 is 1.71 bits per heavy atom. The summed E-state index contributed by atoms with van der Waals surface area (Å²) < 4.78 is 13.3. The average molecular weight is 377 g/mol. The fourth-order valence-corrected chi connectivity index (χ4v) is 4.15. The number of nitrogens with zero attached hydrogens (tertiary/aromatic N) is 2. The van der Waals surface area contributed by atoms with Gasteiger partial charge in [0.05, 0.1) is 20.3 Å². The van der Waals surface area contributed by atoms with Crippen LogP contribution in [-0.4, -0.2) is 30.2 Å². The highest BCUT2D eigenvalue weighted by Crippen LogP contribution is 2.34. The molecule has 0 saturated carbocycles. The highest BCUT2D eigenvalue weighted by Gasteiger charge is 2.27. The highest BCUT2D eigenvalue weighted by atomic mass is 16.5. The smallest absolute Gasteiger partial charge is 0.161 e. The molecular formula is C24H28N2O2. The van der Waals surface area contributed by atoms with E-state index in [1.165, 1.54) is 22.4 Å². The van der Waals surface area contributed by atoms with E-state index in [0.29, 0.717) is 0 Å². The van der Waals surface area contributed by atoms with E-state index in [1.807, 2.05) is 6.07 Å². The number of methoxy groups -OCH3 is 2. The second-order valence-electron chi connectivity index (χ2n) is 7.45. The number of rotatable bonds is 5. The number of benzene rings is 2. The minimum Gasteiger partial charge on any atom is -0.493 e. The van der Waals surface area contributed by atoms with Crippen molar-refractivity contribution in [2.45, 2.75) is 32.5 Å². The van der Waals surface area contributed by atoms with Crippen molar-refractivity contribution in [3.05, 3.63) is 83.2 Å². The molecule has 4 heteroatoms. The summed E-state index contributed by atoms with van der Waals surface area (Å²) in [6, 6.07) is 19.8. The summed E-state index contributed by atoms with van der Waals surface area (Å²) in [7, 11) is 3.36. The van der Waals surface area contributed by atoms with E-state index in [2.05, 4.69) is 71.1 Å². The molecule has 0 bridgehead atoms. The third-order valence-corrected chi connectivity index (χ3v) is 5.58. The SMILES string of the molecule is COc1ccc(CN2CCCn3cccc3[C@H]2c2ccc(C)cc2)cc1OC. The molecule has 0 amide bonds. The van der Waals surface area contributed by atoms with Crippen molar-refractivity contribution in [1.29, 1.82) is 0 Å². The number of hydrogen-bond acceptors (Lipinski definition) is 3. The molecule has 0 unspecified atom stereocenters. The first kappa shape index (κ1) is 18.6. The molecular weight excluding hydrogens is 348 g/mol. The van der Waals surface area contributed by atoms with Crippen LogP contribution in [0.25, 0.3) is 0 Å². The molecule has 0 saturated heterocycles. The molecule has 1 aliphatic rings. The van der Waals surface area contributed by atoms with Crippen LogP contribution in [0.15, 0.2) is 60.8 Å². The predicted octanol–water partition coefficient (Wildman–Crippen LogP) is 4.81. The van der Waals surface area contributed by atoms with Crippen LogP contribution in [0.2, 0.25) is 0 Å². The van der Waals surface area contributed by atoms with Gasteiger partial charge >= 0.3 is 0 Å². The standard InChI is InChI=1S/C24H28N2O2/c1-18-7-10-20(11-8-18)24-21-6-4-13-25(21)14-5-15-26(24)17-19-9-12-22(27-2)23(16-19)28-3/h4,6-13,16,24H,5,14-15,17H2,1-3H3/t24-/m1/s1. The van der Waals surface area contributed by atoms with E-state index in [0.717, 1.165) is 37.6 Å². The maximum atomic E-state index is 5.51. The molecule has 1 atom stereocenters. The zero-order chi connectivity index (χ0) is 19.5. The van der Waals surface area contributed by atoms with Crippen LogP contribution in [0.3, 0.4) is 0 Å². The van der Waals surface area contributed by atoms with Crippen LogP contribution >= 0.6 is 0 Å². The topological polar surface area (TPSA) is 26.6 Å². The minimum atomic E-state index is 0.242. The van der Waals surface area contributed by atoms with Gasteiger partial charge in [0.25, 0.3) is 0 Å². The van der Waals surface area contributed by atoms with E-state index >= 15 is 0 Å². The first-order chi connectivity index (χ1) is 13.7. The molecule has 1 aliphatic heterocycles. The Morgan fingerprint density at radius 1 is 0.929 bits per heavy atom. The molecule has 2 heterocycles. The highest BCUT2D eigenvalue weighted by molar-refractivity contribution is 5.43. The van der Waals surface area contributed by atoms with Crippen LogP contribution in [0.4, 0.5) is 0 Å². The van der Waals surface area contributed by atoms with Crippen molar-refractivity contribution in [3.8, 4) is 11.5 Å². The summed E-state index contributed by atoms with van der Waals surface area (Å²) in [6.45, 7) is 5.12. The van der Waals surface area contributed by atoms with Crippen LogP contribution in [-0.2, 0) is 13.1 Å². The van der Waals surface area contributed by atoms with E-state index in [-0.39, 0.29) is 6.04 Å². The third kappa shape index (κ3) is 3.65. The maximum absolute atomic E-state index is 5.51. The van der Waals surface area contributed by atoms with Gasteiger partial charge < -0.3 is 14.0 Å². The lowest BCUT2D eigenvalue weighted by atomic mass is 10.00. The second kappa shape index (κ2) is 8.11. The number of hydrogen-bond donors (Lipinski definition) is 0. The Morgan fingerprint density at radius 3 is 2.46 bits per heavy atom. The molecule has 2 aromatic carbocycles. The molecule has 0 aliphatic carbocycles. The first-order valence-electron chi connectivity index (χ1n) is 9.86. The molecule has 4 nitrogen and oxygen atoms in total. The lowest BCUT2D eigenvalue weighted by molar-refractivity contribution is 0.220. The zero-order valence-corrected chi connectivity index (χ0v) is 16.9. The van der Waals surface area contributed by atoms with Crippen LogP contribution in [0.5, 0.6) is 11.5 Å². The van der Waals surface area contributed by atoms with E-state index in [1.54, 1.807) is 14.2 Å². The molecule has 0 N–H and O–H groups in total. The fraction of sp³-hybridized carbons (Fsp3) is 0.333. The summed E-state index contributed by atoms with van der Waals surface area (Å²) in [5.74, 6) is 1.55. The van der Waals surface area contributed by atoms with Crippen molar-refractivity contribution in [3.63, 3.8) is 0 Å². The largest absolute Gasteiger partial charge is 0.493 e. The Bertz CT molecular complexity index is 930. The zero-order valence-electron chi connectivity index (χ0n) is 16.9. The van der Waals surface area contributed by atoms with Crippen molar-refractivity contribution in [1.82, 2.24) is 9.47 Å². The minimum absolute atomic E-state index is 0.242. The van der Waals surface area contributed by atoms with Crippen molar-refractivity contribution >= 4 is 0 Å². The normalized spacial score (nSPS) is 17.0. The van der Waals surface area contributed by atoms with E-state index in [4.69, 9.17) is 9.47 Å². The molecule has 28 heavy (non-hydrogen) atoms. The molecule has 0 spiro atoms. The third-order valence-electron chi connectivity index (χ3n) is 5.58. The van der Waals surface area contributed by atoms with Gasteiger partial charge in [0, 0.05) is 31.5 Å². The van der Waals surface area contributed by atoms with Gasteiger partial charge in [-0.05, 0) is 48.7 Å². The van der Waals surface area contributed by atoms with Gasteiger partial charge in [0.1, 0.15) is 0 Å². The number of ether oxygens (including phenoxy) is 2. The summed E-state index contributed by atoms with van der Waals surface area (Å²) in [5, 5.41) is 0. The molecule has 3 aromatic rings. The van der Waals surface area contributed by atoms with Gasteiger partial charge in [-0.1, -0.05) is 35.9 Å². The Hall–Kier alpha value is -2.72. The predicted molar refractivity (Wildman–Crippen MR) is 112 cm³/mol. The van der Waals surface area contributed by atoms with Crippen LogP contribution < -0.4 is 9.47 Å². The lowest BCUT2D eigenvalue weighted by Gasteiger charge is -2.31. The van der Waals surface area contributed by atoms with Crippen molar-refractivity contribution in [2.75, 3.05) is 20.8 Å². The van der Waals surface area contributed by atoms with Gasteiger partial charge in [0.2, 0.25) is 0 Å². The Kier molecular flexibility index (Phi) is 5.40. The quantitative estimate of drug-likeness (QED) is 0.639. The Labute approximate surface area is 167 Å². The molecule has 4 rings (SSSR count). The fourth-order valence-electron chi connectivity index (χ4n) is 4.15. The maximum Gasteiger partial charge on any atom is 0.161 e.